The smallest absolute Gasteiger partial charge is 0.125 e. The largest absolute Gasteiger partial charge is 0.246 e. The van der Waals surface area contributed by atoms with E-state index in [0.717, 1.165) is 6.08 Å². The second-order valence-electron chi connectivity index (χ2n) is 1.48. The van der Waals surface area contributed by atoms with Crippen molar-refractivity contribution in [2.45, 2.75) is 0 Å². The van der Waals surface area contributed by atoms with E-state index in [1.165, 1.54) is 0 Å². The van der Waals surface area contributed by atoms with Gasteiger partial charge in [0.2, 0.25) is 0 Å². The highest BCUT2D eigenvalue weighted by atomic mass is 19.1. The number of hydrogen-bond acceptors (Lipinski definition) is 0. The highest BCUT2D eigenvalue weighted by molar-refractivity contribution is 5.20. The van der Waals surface area contributed by atoms with Crippen LogP contribution >= 0.6 is 0 Å². The van der Waals surface area contributed by atoms with Crippen LogP contribution < -0.4 is 0 Å². The van der Waals surface area contributed by atoms with E-state index in [2.05, 4.69) is 6.58 Å². The molecule has 0 heterocycles. The molecule has 0 bridgehead atoms. The molecule has 56 valence electrons. The van der Waals surface area contributed by atoms with Crippen LogP contribution in [0.4, 0.5) is 13.2 Å². The molecule has 0 unspecified atom stereocenters. The van der Waals surface area contributed by atoms with Crippen molar-refractivity contribution in [3.63, 3.8) is 0 Å². The number of halogens is 3. The molecule has 0 fully saturated rings. The van der Waals surface area contributed by atoms with Crippen molar-refractivity contribution in [1.29, 1.82) is 0 Å². The molecule has 0 rings (SSSR count). The fourth-order valence-corrected chi connectivity index (χ4v) is 0.323. The lowest BCUT2D eigenvalue weighted by molar-refractivity contribution is 0.546. The lowest BCUT2D eigenvalue weighted by Gasteiger charge is -1.84. The summed E-state index contributed by atoms with van der Waals surface area (Å²) in [5.74, 6) is -1.75. The Morgan fingerprint density at radius 2 is 1.90 bits per heavy atom. The Labute approximate surface area is 57.4 Å². The molecular formula is C7H7F3. The zero-order valence-corrected chi connectivity index (χ0v) is 5.28. The molecule has 0 aromatic rings. The molecule has 0 saturated carbocycles. The Morgan fingerprint density at radius 1 is 1.30 bits per heavy atom. The average Bonchev–Trinajstić information content (AvgIpc) is 1.88. The van der Waals surface area contributed by atoms with Crippen LogP contribution in [0, 0.1) is 0 Å². The van der Waals surface area contributed by atoms with Crippen LogP contribution in [0.2, 0.25) is 0 Å². The van der Waals surface area contributed by atoms with Crippen LogP contribution in [0.1, 0.15) is 0 Å². The van der Waals surface area contributed by atoms with Crippen LogP contribution in [0.3, 0.4) is 0 Å². The lowest BCUT2D eigenvalue weighted by atomic mass is 10.4. The Hall–Kier alpha value is -0.990. The minimum Gasteiger partial charge on any atom is -0.246 e. The van der Waals surface area contributed by atoms with E-state index in [-0.39, 0.29) is 0 Å². The van der Waals surface area contributed by atoms with Gasteiger partial charge in [-0.1, -0.05) is 6.58 Å². The second kappa shape index (κ2) is 4.85. The lowest BCUT2D eigenvalue weighted by Crippen LogP contribution is -1.70. The van der Waals surface area contributed by atoms with Crippen LogP contribution in [0.5, 0.6) is 0 Å². The summed E-state index contributed by atoms with van der Waals surface area (Å²) in [7, 11) is 0. The molecule has 0 aliphatic carbocycles. The molecule has 0 nitrogen and oxygen atoms in total. The van der Waals surface area contributed by atoms with E-state index in [4.69, 9.17) is 0 Å². The SMILES string of the molecule is C=C/C(F)=C\C(F)=C/CF. The van der Waals surface area contributed by atoms with Gasteiger partial charge in [0.15, 0.2) is 0 Å². The molecule has 0 saturated heterocycles. The third-order valence-corrected chi connectivity index (χ3v) is 0.743. The van der Waals surface area contributed by atoms with Gasteiger partial charge in [-0.05, 0) is 12.2 Å². The molecule has 0 atom stereocenters. The summed E-state index contributed by atoms with van der Waals surface area (Å²) in [5, 5.41) is 0. The molecule has 10 heavy (non-hydrogen) atoms. The Kier molecular flexibility index (Phi) is 4.37. The van der Waals surface area contributed by atoms with Crippen molar-refractivity contribution < 1.29 is 13.2 Å². The third kappa shape index (κ3) is 3.95. The fraction of sp³-hybridized carbons (Fsp3) is 0.143. The predicted molar refractivity (Wildman–Crippen MR) is 34.6 cm³/mol. The maximum atomic E-state index is 12.1. The molecule has 0 N–H and O–H groups in total. The van der Waals surface area contributed by atoms with Crippen LogP contribution in [-0.4, -0.2) is 6.67 Å². The van der Waals surface area contributed by atoms with E-state index in [0.29, 0.717) is 12.2 Å². The van der Waals surface area contributed by atoms with Gasteiger partial charge in [-0.25, -0.2) is 13.2 Å². The standard InChI is InChI=1S/C7H7F3/c1-2-6(9)5-7(10)3-4-8/h2-3,5H,1,4H2/b6-5+,7-3+. The molecule has 0 aliphatic rings. The fourth-order valence-electron chi connectivity index (χ4n) is 0.323. The van der Waals surface area contributed by atoms with Crippen molar-refractivity contribution in [3.05, 3.63) is 36.5 Å². The van der Waals surface area contributed by atoms with Crippen molar-refractivity contribution >= 4 is 0 Å². The Morgan fingerprint density at radius 3 is 2.30 bits per heavy atom. The Bertz CT molecular complexity index is 168. The maximum absolute atomic E-state index is 12.1. The highest BCUT2D eigenvalue weighted by Gasteiger charge is 1.90. The highest BCUT2D eigenvalue weighted by Crippen LogP contribution is 2.05. The Balaban J connectivity index is 4.11. The summed E-state index contributed by atoms with van der Waals surface area (Å²) in [6.07, 6.45) is 2.03. The topological polar surface area (TPSA) is 0 Å². The first-order valence-corrected chi connectivity index (χ1v) is 2.62. The third-order valence-electron chi connectivity index (χ3n) is 0.743. The first-order valence-electron chi connectivity index (χ1n) is 2.62. The molecular weight excluding hydrogens is 141 g/mol. The summed E-state index contributed by atoms with van der Waals surface area (Å²) < 4.78 is 35.4. The van der Waals surface area contributed by atoms with E-state index in [1.54, 1.807) is 0 Å². The van der Waals surface area contributed by atoms with Gasteiger partial charge in [-0.15, -0.1) is 0 Å². The van der Waals surface area contributed by atoms with Gasteiger partial charge in [0.25, 0.3) is 0 Å². The summed E-state index contributed by atoms with van der Waals surface area (Å²) in [5.41, 5.74) is 0. The van der Waals surface area contributed by atoms with Gasteiger partial charge in [0.1, 0.15) is 18.3 Å². The molecule has 0 radical (unpaired) electrons. The number of alkyl halides is 1. The molecule has 0 amide bonds. The van der Waals surface area contributed by atoms with E-state index < -0.39 is 18.3 Å². The molecule has 0 aromatic carbocycles. The molecule has 3 heteroatoms. The van der Waals surface area contributed by atoms with Gasteiger partial charge in [-0.3, -0.25) is 0 Å². The van der Waals surface area contributed by atoms with Crippen molar-refractivity contribution in [1.82, 2.24) is 0 Å². The average molecular weight is 148 g/mol. The summed E-state index contributed by atoms with van der Waals surface area (Å²) in [4.78, 5) is 0. The summed E-state index contributed by atoms with van der Waals surface area (Å²) >= 11 is 0. The summed E-state index contributed by atoms with van der Waals surface area (Å²) in [6.45, 7) is 2.11. The van der Waals surface area contributed by atoms with Crippen LogP contribution in [0.15, 0.2) is 36.5 Å². The van der Waals surface area contributed by atoms with Gasteiger partial charge >= 0.3 is 0 Å². The zero-order valence-electron chi connectivity index (χ0n) is 5.28. The second-order valence-corrected chi connectivity index (χ2v) is 1.48. The molecule has 0 spiro atoms. The van der Waals surface area contributed by atoms with Crippen LogP contribution in [-0.2, 0) is 0 Å². The minimum absolute atomic E-state index is 0.562. The van der Waals surface area contributed by atoms with Gasteiger partial charge in [0.05, 0.1) is 0 Å². The predicted octanol–water partition coefficient (Wildman–Crippen LogP) is 2.85. The van der Waals surface area contributed by atoms with Gasteiger partial charge < -0.3 is 0 Å². The first kappa shape index (κ1) is 9.01. The van der Waals surface area contributed by atoms with E-state index >= 15 is 0 Å². The van der Waals surface area contributed by atoms with Crippen LogP contribution in [0.25, 0.3) is 0 Å². The molecule has 0 aromatic heterocycles. The summed E-state index contributed by atoms with van der Waals surface area (Å²) in [6, 6.07) is 0. The molecule has 0 aliphatic heterocycles. The zero-order chi connectivity index (χ0) is 7.98. The quantitative estimate of drug-likeness (QED) is 0.540. The van der Waals surface area contributed by atoms with E-state index in [1.807, 2.05) is 0 Å². The van der Waals surface area contributed by atoms with Gasteiger partial charge in [0, 0.05) is 6.08 Å². The van der Waals surface area contributed by atoms with Crippen molar-refractivity contribution in [2.24, 2.45) is 0 Å². The number of allylic oxidation sites excluding steroid dienone is 5. The maximum Gasteiger partial charge on any atom is 0.125 e. The number of rotatable bonds is 3. The van der Waals surface area contributed by atoms with Crippen molar-refractivity contribution in [2.75, 3.05) is 6.67 Å². The number of hydrogen-bond donors (Lipinski definition) is 0. The normalized spacial score (nSPS) is 13.5. The minimum atomic E-state index is -0.938. The van der Waals surface area contributed by atoms with Crippen molar-refractivity contribution in [3.8, 4) is 0 Å². The first-order chi connectivity index (χ1) is 4.70. The monoisotopic (exact) mass is 148 g/mol. The van der Waals surface area contributed by atoms with E-state index in [9.17, 15) is 13.2 Å². The van der Waals surface area contributed by atoms with Gasteiger partial charge in [-0.2, -0.15) is 0 Å².